The van der Waals surface area contributed by atoms with Gasteiger partial charge in [0.15, 0.2) is 0 Å². The molecular formula is C16H24N2. The van der Waals surface area contributed by atoms with E-state index in [0.29, 0.717) is 12.5 Å². The first kappa shape index (κ1) is 14.8. The highest BCUT2D eigenvalue weighted by Crippen LogP contribution is 2.15. The van der Waals surface area contributed by atoms with Gasteiger partial charge in [0.25, 0.3) is 0 Å². The van der Waals surface area contributed by atoms with Crippen molar-refractivity contribution in [3.63, 3.8) is 0 Å². The Hall–Kier alpha value is -1.30. The molecule has 2 heteroatoms. The lowest BCUT2D eigenvalue weighted by Crippen LogP contribution is -2.23. The Morgan fingerprint density at radius 1 is 1.33 bits per heavy atom. The van der Waals surface area contributed by atoms with Gasteiger partial charge in [-0.25, -0.2) is 0 Å². The van der Waals surface area contributed by atoms with Gasteiger partial charge in [-0.1, -0.05) is 44.0 Å². The van der Waals surface area contributed by atoms with E-state index in [2.05, 4.69) is 54.3 Å². The normalized spacial score (nSPS) is 12.4. The molecule has 0 aromatic heterocycles. The second-order valence-electron chi connectivity index (χ2n) is 4.71. The molecule has 0 spiro atoms. The lowest BCUT2D eigenvalue weighted by molar-refractivity contribution is 0.316. The molecule has 1 aromatic rings. The van der Waals surface area contributed by atoms with Crippen LogP contribution >= 0.6 is 0 Å². The molecule has 98 valence electrons. The first-order chi connectivity index (χ1) is 8.71. The average molecular weight is 244 g/mol. The molecule has 0 fully saturated rings. The van der Waals surface area contributed by atoms with Crippen LogP contribution in [0.1, 0.15) is 30.9 Å². The second kappa shape index (κ2) is 7.92. The molecule has 0 bridgehead atoms. The summed E-state index contributed by atoms with van der Waals surface area (Å²) in [5.41, 5.74) is 2.71. The van der Waals surface area contributed by atoms with E-state index in [4.69, 9.17) is 6.42 Å². The van der Waals surface area contributed by atoms with Crippen molar-refractivity contribution in [2.45, 2.75) is 26.3 Å². The summed E-state index contributed by atoms with van der Waals surface area (Å²) in [5.74, 6) is 3.26. The van der Waals surface area contributed by atoms with Gasteiger partial charge in [0.05, 0.1) is 6.54 Å². The van der Waals surface area contributed by atoms with E-state index in [9.17, 15) is 0 Å². The van der Waals surface area contributed by atoms with E-state index in [1.807, 2.05) is 7.05 Å². The fraction of sp³-hybridized carbons (Fsp3) is 0.500. The molecule has 1 aromatic carbocycles. The summed E-state index contributed by atoms with van der Waals surface area (Å²) in [4.78, 5) is 2.26. The van der Waals surface area contributed by atoms with Gasteiger partial charge in [-0.3, -0.25) is 4.90 Å². The molecule has 1 unspecified atom stereocenters. The van der Waals surface area contributed by atoms with Gasteiger partial charge < -0.3 is 5.32 Å². The van der Waals surface area contributed by atoms with E-state index in [-0.39, 0.29) is 0 Å². The highest BCUT2D eigenvalue weighted by molar-refractivity contribution is 5.25. The van der Waals surface area contributed by atoms with E-state index < -0.39 is 0 Å². The van der Waals surface area contributed by atoms with Crippen LogP contribution in [0.2, 0.25) is 0 Å². The fourth-order valence-electron chi connectivity index (χ4n) is 2.04. The third-order valence-corrected chi connectivity index (χ3v) is 3.23. The van der Waals surface area contributed by atoms with Crippen molar-refractivity contribution in [1.29, 1.82) is 0 Å². The maximum absolute atomic E-state index is 5.36. The molecule has 1 rings (SSSR count). The Morgan fingerprint density at radius 3 is 2.50 bits per heavy atom. The lowest BCUT2D eigenvalue weighted by Gasteiger charge is -2.18. The van der Waals surface area contributed by atoms with Crippen molar-refractivity contribution in [2.75, 3.05) is 26.7 Å². The number of nitrogens with one attached hydrogen (secondary N) is 1. The topological polar surface area (TPSA) is 15.3 Å². The number of rotatable bonds is 7. The Morgan fingerprint density at radius 2 is 2.00 bits per heavy atom. The Balaban J connectivity index is 2.62. The van der Waals surface area contributed by atoms with Gasteiger partial charge >= 0.3 is 0 Å². The first-order valence-electron chi connectivity index (χ1n) is 6.60. The highest BCUT2D eigenvalue weighted by Gasteiger charge is 2.05. The van der Waals surface area contributed by atoms with Gasteiger partial charge in [0.2, 0.25) is 0 Å². The summed E-state index contributed by atoms with van der Waals surface area (Å²) in [6.45, 7) is 8.03. The maximum Gasteiger partial charge on any atom is 0.0601 e. The minimum absolute atomic E-state index is 0.553. The molecule has 2 nitrogen and oxygen atoms in total. The first-order valence-corrected chi connectivity index (χ1v) is 6.60. The van der Waals surface area contributed by atoms with Crippen LogP contribution in [0.5, 0.6) is 0 Å². The maximum atomic E-state index is 5.36. The molecule has 1 N–H and O–H groups in total. The predicted octanol–water partition coefficient (Wildman–Crippen LogP) is 2.46. The van der Waals surface area contributed by atoms with Crippen molar-refractivity contribution >= 4 is 0 Å². The molecule has 1 atom stereocenters. The molecular weight excluding hydrogens is 220 g/mol. The molecule has 0 aliphatic rings. The van der Waals surface area contributed by atoms with Crippen LogP contribution in [0.3, 0.4) is 0 Å². The fourth-order valence-corrected chi connectivity index (χ4v) is 2.04. The summed E-state index contributed by atoms with van der Waals surface area (Å²) in [7, 11) is 1.99. The van der Waals surface area contributed by atoms with Crippen LogP contribution in [-0.2, 0) is 6.54 Å². The van der Waals surface area contributed by atoms with Crippen molar-refractivity contribution in [3.05, 3.63) is 35.4 Å². The minimum Gasteiger partial charge on any atom is -0.319 e. The number of hydrogen-bond donors (Lipinski definition) is 1. The highest BCUT2D eigenvalue weighted by atomic mass is 15.1. The number of nitrogens with zero attached hydrogens (tertiary/aromatic N) is 1. The Labute approximate surface area is 111 Å². The van der Waals surface area contributed by atoms with Gasteiger partial charge in [0.1, 0.15) is 0 Å². The summed E-state index contributed by atoms with van der Waals surface area (Å²) in [6.07, 6.45) is 5.36. The van der Waals surface area contributed by atoms with E-state index >= 15 is 0 Å². The van der Waals surface area contributed by atoms with Gasteiger partial charge in [-0.2, -0.15) is 0 Å². The summed E-state index contributed by atoms with van der Waals surface area (Å²) >= 11 is 0. The van der Waals surface area contributed by atoms with Crippen molar-refractivity contribution < 1.29 is 0 Å². The number of likely N-dealkylation sites (N-methyl/N-ethyl adjacent to an activating group) is 1. The summed E-state index contributed by atoms with van der Waals surface area (Å²) < 4.78 is 0. The Kier molecular flexibility index (Phi) is 6.49. The molecule has 0 saturated heterocycles. The number of terminal acetylenes is 1. The van der Waals surface area contributed by atoms with Crippen molar-refractivity contribution in [2.24, 2.45) is 0 Å². The van der Waals surface area contributed by atoms with Crippen LogP contribution in [-0.4, -0.2) is 31.6 Å². The molecule has 0 aliphatic heterocycles. The molecule has 0 amide bonds. The van der Waals surface area contributed by atoms with Crippen LogP contribution in [0.25, 0.3) is 0 Å². The largest absolute Gasteiger partial charge is 0.319 e. The zero-order valence-electron chi connectivity index (χ0n) is 11.7. The standard InChI is InChI=1S/C16H24N2/c1-5-11-18(6-2)13-15-7-9-16(10-8-15)14(3)12-17-4/h1,7-10,14,17H,6,11-13H2,2-4H3. The third kappa shape index (κ3) is 4.52. The molecule has 0 heterocycles. The lowest BCUT2D eigenvalue weighted by atomic mass is 10.00. The quantitative estimate of drug-likeness (QED) is 0.741. The predicted molar refractivity (Wildman–Crippen MR) is 78.6 cm³/mol. The smallest absolute Gasteiger partial charge is 0.0601 e. The van der Waals surface area contributed by atoms with Crippen molar-refractivity contribution in [1.82, 2.24) is 10.2 Å². The molecule has 0 saturated carbocycles. The van der Waals surface area contributed by atoms with Crippen LogP contribution < -0.4 is 5.32 Å². The van der Waals surface area contributed by atoms with Crippen LogP contribution in [0, 0.1) is 12.3 Å². The monoisotopic (exact) mass is 244 g/mol. The number of benzene rings is 1. The molecule has 0 radical (unpaired) electrons. The van der Waals surface area contributed by atoms with Gasteiger partial charge in [-0.05, 0) is 30.6 Å². The van der Waals surface area contributed by atoms with Crippen LogP contribution in [0.4, 0.5) is 0 Å². The Bertz CT molecular complexity index is 375. The molecule has 0 aliphatic carbocycles. The van der Waals surface area contributed by atoms with Gasteiger partial charge in [0, 0.05) is 13.1 Å². The SMILES string of the molecule is C#CCN(CC)Cc1ccc(C(C)CNC)cc1. The summed E-state index contributed by atoms with van der Waals surface area (Å²) in [6, 6.07) is 8.86. The van der Waals surface area contributed by atoms with E-state index in [1.54, 1.807) is 0 Å². The van der Waals surface area contributed by atoms with E-state index in [0.717, 1.165) is 19.6 Å². The average Bonchev–Trinajstić information content (AvgIpc) is 2.39. The zero-order valence-corrected chi connectivity index (χ0v) is 11.7. The number of hydrogen-bond acceptors (Lipinski definition) is 2. The van der Waals surface area contributed by atoms with Crippen molar-refractivity contribution in [3.8, 4) is 12.3 Å². The zero-order chi connectivity index (χ0) is 13.4. The molecule has 18 heavy (non-hydrogen) atoms. The van der Waals surface area contributed by atoms with E-state index in [1.165, 1.54) is 11.1 Å². The second-order valence-corrected chi connectivity index (χ2v) is 4.71. The minimum atomic E-state index is 0.553. The van der Waals surface area contributed by atoms with Crippen LogP contribution in [0.15, 0.2) is 24.3 Å². The van der Waals surface area contributed by atoms with Gasteiger partial charge in [-0.15, -0.1) is 6.42 Å². The summed E-state index contributed by atoms with van der Waals surface area (Å²) in [5, 5.41) is 3.21. The third-order valence-electron chi connectivity index (χ3n) is 3.23.